The minimum Gasteiger partial charge on any atom is -0.477 e. The van der Waals surface area contributed by atoms with Crippen LogP contribution in [0.25, 0.3) is 0 Å². The highest BCUT2D eigenvalue weighted by Gasteiger charge is 2.35. The molecule has 2 N–H and O–H groups in total. The fraction of sp³-hybridized carbons (Fsp3) is 0.615. The molecule has 3 atom stereocenters. The Labute approximate surface area is 133 Å². The number of carboxylic acids is 1. The van der Waals surface area contributed by atoms with Crippen LogP contribution in [-0.4, -0.2) is 48.5 Å². The van der Waals surface area contributed by atoms with Gasteiger partial charge in [-0.25, -0.2) is 9.78 Å². The SMILES string of the molecule is CN[C@H]1c2nc(C(=O)O)cc(=O)n2C(C)CC[C@@H]1OS(C)(=O)=O. The monoisotopic (exact) mass is 345 g/mol. The second-order valence-corrected chi connectivity index (χ2v) is 7.15. The van der Waals surface area contributed by atoms with Crippen LogP contribution in [0.5, 0.6) is 0 Å². The number of aromatic nitrogens is 2. The molecule has 1 aromatic heterocycles. The molecular weight excluding hydrogens is 326 g/mol. The summed E-state index contributed by atoms with van der Waals surface area (Å²) in [5.74, 6) is -1.16. The maximum Gasteiger partial charge on any atom is 0.354 e. The van der Waals surface area contributed by atoms with Crippen molar-refractivity contribution in [1.29, 1.82) is 0 Å². The Morgan fingerprint density at radius 1 is 1.48 bits per heavy atom. The van der Waals surface area contributed by atoms with Gasteiger partial charge >= 0.3 is 5.97 Å². The lowest BCUT2D eigenvalue weighted by atomic mass is 10.1. The van der Waals surface area contributed by atoms with E-state index in [-0.39, 0.29) is 17.6 Å². The van der Waals surface area contributed by atoms with Gasteiger partial charge in [-0.05, 0) is 26.8 Å². The highest BCUT2D eigenvalue weighted by atomic mass is 32.2. The van der Waals surface area contributed by atoms with Crippen LogP contribution in [0.3, 0.4) is 0 Å². The van der Waals surface area contributed by atoms with Crippen LogP contribution < -0.4 is 10.9 Å². The quantitative estimate of drug-likeness (QED) is 0.724. The van der Waals surface area contributed by atoms with Crippen LogP contribution in [0.2, 0.25) is 0 Å². The molecule has 0 radical (unpaired) electrons. The van der Waals surface area contributed by atoms with E-state index in [0.29, 0.717) is 12.8 Å². The molecule has 128 valence electrons. The summed E-state index contributed by atoms with van der Waals surface area (Å²) in [5, 5.41) is 12.0. The lowest BCUT2D eigenvalue weighted by Crippen LogP contribution is -2.37. The van der Waals surface area contributed by atoms with Gasteiger partial charge in [-0.3, -0.25) is 13.5 Å². The summed E-state index contributed by atoms with van der Waals surface area (Å²) in [4.78, 5) is 27.5. The van der Waals surface area contributed by atoms with Crippen LogP contribution in [0.15, 0.2) is 10.9 Å². The number of carboxylic acid groups (broad SMARTS) is 1. The Morgan fingerprint density at radius 3 is 2.65 bits per heavy atom. The summed E-state index contributed by atoms with van der Waals surface area (Å²) in [6.07, 6.45) is 1.05. The number of hydrogen-bond donors (Lipinski definition) is 2. The Kier molecular flexibility index (Phi) is 4.87. The van der Waals surface area contributed by atoms with E-state index in [1.165, 1.54) is 4.57 Å². The van der Waals surface area contributed by atoms with Crippen LogP contribution in [0.4, 0.5) is 0 Å². The zero-order valence-corrected chi connectivity index (χ0v) is 13.8. The predicted octanol–water partition coefficient (Wildman–Crippen LogP) is -0.0984. The normalized spacial score (nSPS) is 24.7. The minimum atomic E-state index is -3.71. The summed E-state index contributed by atoms with van der Waals surface area (Å²) in [5.41, 5.74) is -0.867. The number of carbonyl (C=O) groups is 1. The highest BCUT2D eigenvalue weighted by Crippen LogP contribution is 2.30. The van der Waals surface area contributed by atoms with Gasteiger partial charge in [0.15, 0.2) is 5.69 Å². The first kappa shape index (κ1) is 17.6. The summed E-state index contributed by atoms with van der Waals surface area (Å²) >= 11 is 0. The molecule has 9 nitrogen and oxygen atoms in total. The molecule has 0 saturated heterocycles. The van der Waals surface area contributed by atoms with Gasteiger partial charge in [0.25, 0.3) is 15.7 Å². The second-order valence-electron chi connectivity index (χ2n) is 5.54. The number of likely N-dealkylation sites (N-methyl/N-ethyl adjacent to an activating group) is 1. The zero-order chi connectivity index (χ0) is 17.4. The van der Waals surface area contributed by atoms with Gasteiger partial charge in [-0.2, -0.15) is 8.42 Å². The van der Waals surface area contributed by atoms with E-state index in [4.69, 9.17) is 9.29 Å². The Bertz CT molecular complexity index is 772. The van der Waals surface area contributed by atoms with Crippen LogP contribution in [0, 0.1) is 0 Å². The second kappa shape index (κ2) is 6.38. The zero-order valence-electron chi connectivity index (χ0n) is 13.0. The summed E-state index contributed by atoms with van der Waals surface area (Å²) in [6, 6.07) is -0.00850. The highest BCUT2D eigenvalue weighted by molar-refractivity contribution is 7.86. The summed E-state index contributed by atoms with van der Waals surface area (Å²) in [7, 11) is -2.14. The maximum atomic E-state index is 12.3. The van der Waals surface area contributed by atoms with Crippen LogP contribution in [0.1, 0.15) is 48.2 Å². The van der Waals surface area contributed by atoms with Crippen molar-refractivity contribution in [1.82, 2.24) is 14.9 Å². The molecule has 1 aliphatic heterocycles. The van der Waals surface area contributed by atoms with Gasteiger partial charge in [-0.1, -0.05) is 0 Å². The van der Waals surface area contributed by atoms with E-state index in [1.54, 1.807) is 14.0 Å². The molecule has 23 heavy (non-hydrogen) atoms. The molecule has 0 aromatic carbocycles. The van der Waals surface area contributed by atoms with E-state index in [0.717, 1.165) is 12.3 Å². The van der Waals surface area contributed by atoms with E-state index < -0.39 is 33.8 Å². The molecule has 0 spiro atoms. The van der Waals surface area contributed by atoms with Crippen molar-refractivity contribution in [2.45, 2.75) is 38.0 Å². The topological polar surface area (TPSA) is 128 Å². The Hall–Kier alpha value is -1.78. The molecule has 0 saturated carbocycles. The van der Waals surface area contributed by atoms with Crippen molar-refractivity contribution < 1.29 is 22.5 Å². The third-order valence-electron chi connectivity index (χ3n) is 3.77. The van der Waals surface area contributed by atoms with Crippen molar-refractivity contribution in [2.75, 3.05) is 13.3 Å². The van der Waals surface area contributed by atoms with Gasteiger partial charge in [0, 0.05) is 12.1 Å². The molecule has 0 fully saturated rings. The Morgan fingerprint density at radius 2 is 2.13 bits per heavy atom. The molecule has 1 unspecified atom stereocenters. The van der Waals surface area contributed by atoms with E-state index in [2.05, 4.69) is 10.3 Å². The molecular formula is C13H19N3O6S. The molecule has 0 aliphatic carbocycles. The van der Waals surface area contributed by atoms with E-state index in [1.807, 2.05) is 0 Å². The van der Waals surface area contributed by atoms with Gasteiger partial charge in [-0.15, -0.1) is 0 Å². The first-order valence-electron chi connectivity index (χ1n) is 7.06. The first-order chi connectivity index (χ1) is 10.6. The van der Waals surface area contributed by atoms with Gasteiger partial charge in [0.2, 0.25) is 0 Å². The summed E-state index contributed by atoms with van der Waals surface area (Å²) < 4.78 is 29.5. The van der Waals surface area contributed by atoms with Crippen molar-refractivity contribution in [3.8, 4) is 0 Å². The number of nitrogens with one attached hydrogen (secondary N) is 1. The van der Waals surface area contributed by atoms with Gasteiger partial charge in [0.1, 0.15) is 5.82 Å². The van der Waals surface area contributed by atoms with Gasteiger partial charge < -0.3 is 10.4 Å². The lowest BCUT2D eigenvalue weighted by molar-refractivity contribution is 0.0688. The smallest absolute Gasteiger partial charge is 0.354 e. The molecule has 1 aromatic rings. The third-order valence-corrected chi connectivity index (χ3v) is 4.36. The number of aromatic carboxylic acids is 1. The molecule has 10 heteroatoms. The standard InChI is InChI=1S/C13H19N3O6S/c1-7-4-5-9(22-23(3,20)21)11(14-2)12-15-8(13(18)19)6-10(17)16(7)12/h6-7,9,11,14H,4-5H2,1-3H3,(H,18,19)/t7?,9-,11+/m0/s1. The third kappa shape index (κ3) is 3.77. The molecule has 2 rings (SSSR count). The number of hydrogen-bond acceptors (Lipinski definition) is 7. The average Bonchev–Trinajstić information content (AvgIpc) is 2.54. The number of fused-ring (bicyclic) bond motifs is 1. The Balaban J connectivity index is 2.63. The minimum absolute atomic E-state index is 0.163. The van der Waals surface area contributed by atoms with Crippen molar-refractivity contribution in [2.24, 2.45) is 0 Å². The largest absolute Gasteiger partial charge is 0.477 e. The fourth-order valence-corrected chi connectivity index (χ4v) is 3.45. The number of nitrogens with zero attached hydrogens (tertiary/aromatic N) is 2. The van der Waals surface area contributed by atoms with Crippen LogP contribution in [-0.2, 0) is 14.3 Å². The lowest BCUT2D eigenvalue weighted by Gasteiger charge is -2.24. The maximum absolute atomic E-state index is 12.3. The molecule has 2 heterocycles. The van der Waals surface area contributed by atoms with Gasteiger partial charge in [0.05, 0.1) is 18.4 Å². The van der Waals surface area contributed by atoms with Crippen molar-refractivity contribution in [3.63, 3.8) is 0 Å². The molecule has 1 aliphatic rings. The average molecular weight is 345 g/mol. The summed E-state index contributed by atoms with van der Waals surface area (Å²) in [6.45, 7) is 1.79. The van der Waals surface area contributed by atoms with Crippen molar-refractivity contribution in [3.05, 3.63) is 27.9 Å². The van der Waals surface area contributed by atoms with E-state index >= 15 is 0 Å². The van der Waals surface area contributed by atoms with E-state index in [9.17, 15) is 18.0 Å². The van der Waals surface area contributed by atoms with Crippen molar-refractivity contribution >= 4 is 16.1 Å². The fourth-order valence-electron chi connectivity index (χ4n) is 2.79. The molecule has 0 amide bonds. The number of rotatable bonds is 4. The molecule has 0 bridgehead atoms. The first-order valence-corrected chi connectivity index (χ1v) is 8.88. The van der Waals surface area contributed by atoms with Crippen LogP contribution >= 0.6 is 0 Å². The predicted molar refractivity (Wildman–Crippen MR) is 80.9 cm³/mol.